The number of nitrogens with zero attached hydrogens (tertiary/aromatic N) is 3. The van der Waals surface area contributed by atoms with E-state index < -0.39 is 25.2 Å². The van der Waals surface area contributed by atoms with Crippen LogP contribution in [0.15, 0.2) is 87.7 Å². The maximum atomic E-state index is 13.8. The number of unbranched alkanes of at least 4 members (excludes halogenated alkanes) is 14. The fraction of sp³-hybridized carbons (Fsp3) is 0.474. The highest BCUT2D eigenvalue weighted by Gasteiger charge is 2.38. The second-order valence-corrected chi connectivity index (χ2v) is 15.3. The largest absolute Gasteiger partial charge is 0.456 e. The average Bonchev–Trinajstić information content (AvgIpc) is 3.40. The summed E-state index contributed by atoms with van der Waals surface area (Å²) in [6.45, 7) is 2.25. The fourth-order valence-electron chi connectivity index (χ4n) is 5.96. The highest BCUT2D eigenvalue weighted by atomic mass is 32.2. The number of amides is 1. The van der Waals surface area contributed by atoms with Crippen LogP contribution in [-0.4, -0.2) is 34.8 Å². The Labute approximate surface area is 300 Å². The molecule has 3 aromatic rings. The van der Waals surface area contributed by atoms with Crippen LogP contribution >= 0.6 is 11.8 Å². The van der Waals surface area contributed by atoms with E-state index in [1.54, 1.807) is 42.5 Å². The number of non-ortho nitro benzene ring substituents is 1. The van der Waals surface area contributed by atoms with Gasteiger partial charge in [0.05, 0.1) is 16.3 Å². The summed E-state index contributed by atoms with van der Waals surface area (Å²) >= 11 is 1.25. The molecule has 1 N–H and O–H groups in total. The number of hydrogen-bond acceptors (Lipinski definition) is 8. The number of nitro benzene ring substituents is 1. The first-order valence-electron chi connectivity index (χ1n) is 17.8. The van der Waals surface area contributed by atoms with E-state index in [0.717, 1.165) is 19.3 Å². The lowest BCUT2D eigenvalue weighted by Crippen LogP contribution is -2.29. The number of carbonyl (C=O) groups excluding carboxylic acids is 1. The first-order chi connectivity index (χ1) is 24.2. The lowest BCUT2D eigenvalue weighted by Gasteiger charge is -2.17. The van der Waals surface area contributed by atoms with Crippen molar-refractivity contribution < 1.29 is 27.4 Å². The first-order valence-corrected chi connectivity index (χ1v) is 20.2. The molecule has 0 saturated carbocycles. The van der Waals surface area contributed by atoms with Gasteiger partial charge in [0.2, 0.25) is 0 Å². The van der Waals surface area contributed by atoms with Crippen molar-refractivity contribution in [2.45, 2.75) is 125 Å². The van der Waals surface area contributed by atoms with Crippen molar-refractivity contribution in [2.75, 3.05) is 5.01 Å². The van der Waals surface area contributed by atoms with Gasteiger partial charge in [0.25, 0.3) is 21.7 Å². The number of para-hydroxylation sites is 1. The van der Waals surface area contributed by atoms with Crippen molar-refractivity contribution in [1.29, 1.82) is 0 Å². The molecular formula is C38H49N3O7S2. The SMILES string of the molecule is CCCCCCCCCCCCCCCCCC1=NN(c2ccc(Oc3ccccc3)c(S(=O)(=O)O)c2)C(=O)[C@H]1Sc1ccc([N+](=O)[O-])cc1. The minimum atomic E-state index is -4.72. The maximum Gasteiger partial charge on any atom is 0.298 e. The summed E-state index contributed by atoms with van der Waals surface area (Å²) in [7, 11) is -4.72. The fourth-order valence-corrected chi connectivity index (χ4v) is 7.66. The van der Waals surface area contributed by atoms with Crippen LogP contribution in [0.5, 0.6) is 11.5 Å². The van der Waals surface area contributed by atoms with E-state index in [1.807, 2.05) is 0 Å². The lowest BCUT2D eigenvalue weighted by atomic mass is 10.0. The molecule has 12 heteroatoms. The molecular weight excluding hydrogens is 675 g/mol. The zero-order valence-corrected chi connectivity index (χ0v) is 30.5. The predicted molar refractivity (Wildman–Crippen MR) is 200 cm³/mol. The second-order valence-electron chi connectivity index (χ2n) is 12.7. The van der Waals surface area contributed by atoms with Crippen molar-refractivity contribution in [2.24, 2.45) is 5.10 Å². The molecule has 10 nitrogen and oxygen atoms in total. The van der Waals surface area contributed by atoms with Crippen LogP contribution in [0.2, 0.25) is 0 Å². The van der Waals surface area contributed by atoms with Gasteiger partial charge in [-0.25, -0.2) is 0 Å². The number of nitro groups is 1. The van der Waals surface area contributed by atoms with Gasteiger partial charge in [-0.15, -0.1) is 11.8 Å². The van der Waals surface area contributed by atoms with E-state index in [4.69, 9.17) is 4.74 Å². The van der Waals surface area contributed by atoms with Crippen LogP contribution < -0.4 is 9.75 Å². The van der Waals surface area contributed by atoms with E-state index in [0.29, 0.717) is 22.8 Å². The zero-order valence-electron chi connectivity index (χ0n) is 28.9. The van der Waals surface area contributed by atoms with Crippen LogP contribution in [0.3, 0.4) is 0 Å². The molecule has 0 aromatic heterocycles. The molecule has 50 heavy (non-hydrogen) atoms. The number of hydrogen-bond donors (Lipinski definition) is 1. The quantitative estimate of drug-likeness (QED) is 0.0441. The molecule has 0 aliphatic carbocycles. The van der Waals surface area contributed by atoms with Crippen molar-refractivity contribution in [3.05, 3.63) is 82.9 Å². The molecule has 0 spiro atoms. The van der Waals surface area contributed by atoms with E-state index >= 15 is 0 Å². The highest BCUT2D eigenvalue weighted by molar-refractivity contribution is 8.01. The number of rotatable bonds is 23. The summed E-state index contributed by atoms with van der Waals surface area (Å²) in [5.74, 6) is -0.0824. The zero-order chi connectivity index (χ0) is 35.8. The Bertz CT molecular complexity index is 1670. The minimum Gasteiger partial charge on any atom is -0.456 e. The van der Waals surface area contributed by atoms with Crippen LogP contribution in [0.4, 0.5) is 11.4 Å². The Kier molecular flexibility index (Phi) is 15.8. The Morgan fingerprint density at radius 2 is 1.38 bits per heavy atom. The van der Waals surface area contributed by atoms with E-state index in [2.05, 4.69) is 12.0 Å². The summed E-state index contributed by atoms with van der Waals surface area (Å²) in [4.78, 5) is 24.7. The molecule has 1 aliphatic heterocycles. The van der Waals surface area contributed by atoms with Gasteiger partial charge < -0.3 is 4.74 Å². The van der Waals surface area contributed by atoms with Gasteiger partial charge in [-0.05, 0) is 55.3 Å². The van der Waals surface area contributed by atoms with Gasteiger partial charge in [-0.2, -0.15) is 18.5 Å². The second kappa shape index (κ2) is 20.2. The van der Waals surface area contributed by atoms with Gasteiger partial charge in [0, 0.05) is 17.0 Å². The predicted octanol–water partition coefficient (Wildman–Crippen LogP) is 10.8. The molecule has 0 fully saturated rings. The number of ether oxygens (including phenoxy) is 1. The van der Waals surface area contributed by atoms with Crippen LogP contribution in [0.1, 0.15) is 110 Å². The molecule has 0 radical (unpaired) electrons. The van der Waals surface area contributed by atoms with Crippen LogP contribution in [0, 0.1) is 10.1 Å². The third kappa shape index (κ3) is 12.2. The molecule has 1 atom stereocenters. The number of benzene rings is 3. The number of hydrazone groups is 1. The first kappa shape index (κ1) is 39.1. The van der Waals surface area contributed by atoms with Crippen LogP contribution in [0.25, 0.3) is 0 Å². The molecule has 1 aliphatic rings. The summed E-state index contributed by atoms with van der Waals surface area (Å²) in [6, 6.07) is 18.7. The summed E-state index contributed by atoms with van der Waals surface area (Å²) in [5, 5.41) is 16.3. The topological polar surface area (TPSA) is 139 Å². The van der Waals surface area contributed by atoms with Gasteiger partial charge >= 0.3 is 0 Å². The van der Waals surface area contributed by atoms with E-state index in [1.165, 1.54) is 124 Å². The Morgan fingerprint density at radius 3 is 1.92 bits per heavy atom. The monoisotopic (exact) mass is 723 g/mol. The summed E-state index contributed by atoms with van der Waals surface area (Å²) in [5.41, 5.74) is 0.769. The third-order valence-corrected chi connectivity index (χ3v) is 10.9. The van der Waals surface area contributed by atoms with Crippen molar-refractivity contribution in [1.82, 2.24) is 0 Å². The number of anilines is 1. The van der Waals surface area contributed by atoms with Gasteiger partial charge in [-0.1, -0.05) is 115 Å². The van der Waals surface area contributed by atoms with E-state index in [-0.39, 0.29) is 23.0 Å². The Morgan fingerprint density at radius 1 is 0.820 bits per heavy atom. The van der Waals surface area contributed by atoms with Crippen LogP contribution in [-0.2, 0) is 14.9 Å². The molecule has 0 bridgehead atoms. The van der Waals surface area contributed by atoms with Crippen molar-refractivity contribution in [3.63, 3.8) is 0 Å². The molecule has 0 saturated heterocycles. The van der Waals surface area contributed by atoms with E-state index in [9.17, 15) is 27.9 Å². The van der Waals surface area contributed by atoms with Gasteiger partial charge in [-0.3, -0.25) is 19.5 Å². The summed E-state index contributed by atoms with van der Waals surface area (Å²) in [6.07, 6.45) is 19.2. The smallest absolute Gasteiger partial charge is 0.298 e. The lowest BCUT2D eigenvalue weighted by molar-refractivity contribution is -0.384. The molecule has 1 amide bonds. The standard InChI is InChI=1S/C38H49N3O7S2/c1-2-3-4-5-6-7-8-9-10-11-12-13-14-15-19-22-34-37(49-33-26-23-30(24-27-33)41(43)44)38(42)40(39-34)31-25-28-35(36(29-31)50(45,46)47)48-32-20-17-16-18-21-32/h16-18,20-21,23-29,37H,2-15,19,22H2,1H3,(H,45,46,47)/t37-/m0/s1. The van der Waals surface area contributed by atoms with Crippen molar-refractivity contribution in [3.8, 4) is 11.5 Å². The minimum absolute atomic E-state index is 0.0454. The third-order valence-electron chi connectivity index (χ3n) is 8.72. The highest BCUT2D eigenvalue weighted by Crippen LogP contribution is 2.37. The number of carbonyl (C=O) groups is 1. The van der Waals surface area contributed by atoms with Gasteiger partial charge in [0.15, 0.2) is 0 Å². The summed E-state index contributed by atoms with van der Waals surface area (Å²) < 4.78 is 40.6. The molecule has 4 rings (SSSR count). The molecule has 1 heterocycles. The molecule has 270 valence electrons. The average molecular weight is 724 g/mol. The Hall–Kier alpha value is -3.74. The maximum absolute atomic E-state index is 13.8. The normalized spacial score (nSPS) is 14.6. The molecule has 3 aromatic carbocycles. The Balaban J connectivity index is 1.36. The number of thioether (sulfide) groups is 1. The molecule has 0 unspecified atom stereocenters. The van der Waals surface area contributed by atoms with Gasteiger partial charge in [0.1, 0.15) is 21.6 Å². The van der Waals surface area contributed by atoms with Crippen molar-refractivity contribution >= 4 is 44.9 Å².